The Kier molecular flexibility index (Phi) is 5.80. The quantitative estimate of drug-likeness (QED) is 0.445. The maximum atomic E-state index is 13.0. The number of rotatable bonds is 5. The van der Waals surface area contributed by atoms with E-state index >= 15 is 0 Å². The summed E-state index contributed by atoms with van der Waals surface area (Å²) in [5.41, 5.74) is 4.31. The predicted octanol–water partition coefficient (Wildman–Crippen LogP) is 5.23. The largest absolute Gasteiger partial charge is 0.495 e. The van der Waals surface area contributed by atoms with E-state index in [9.17, 15) is 4.79 Å². The van der Waals surface area contributed by atoms with Crippen molar-refractivity contribution in [3.63, 3.8) is 0 Å². The van der Waals surface area contributed by atoms with E-state index in [4.69, 9.17) is 27.9 Å². The van der Waals surface area contributed by atoms with E-state index in [1.54, 1.807) is 29.6 Å². The van der Waals surface area contributed by atoms with Crippen molar-refractivity contribution in [1.82, 2.24) is 19.8 Å². The normalized spacial score (nSPS) is 11.0. The zero-order valence-electron chi connectivity index (χ0n) is 17.1. The lowest BCUT2D eigenvalue weighted by atomic mass is 10.0. The fourth-order valence-electron chi connectivity index (χ4n) is 3.41. The highest BCUT2D eigenvalue weighted by Gasteiger charge is 2.22. The first-order chi connectivity index (χ1) is 14.9. The molecule has 0 unspecified atom stereocenters. The summed E-state index contributed by atoms with van der Waals surface area (Å²) < 4.78 is 6.94. The van der Waals surface area contributed by atoms with Crippen molar-refractivity contribution in [2.75, 3.05) is 12.4 Å². The van der Waals surface area contributed by atoms with Gasteiger partial charge >= 0.3 is 0 Å². The number of methoxy groups -OCH3 is 1. The number of benzene rings is 2. The summed E-state index contributed by atoms with van der Waals surface area (Å²) in [6.07, 6.45) is 0.686. The molecule has 0 bridgehead atoms. The molecular weight excluding hydrogens is 437 g/mol. The Morgan fingerprint density at radius 3 is 2.61 bits per heavy atom. The van der Waals surface area contributed by atoms with E-state index < -0.39 is 5.91 Å². The molecule has 4 rings (SSSR count). The Balaban J connectivity index is 1.79. The number of fused-ring (bicyclic) bond motifs is 1. The fourth-order valence-corrected chi connectivity index (χ4v) is 3.77. The van der Waals surface area contributed by atoms with Crippen LogP contribution in [0.5, 0.6) is 5.75 Å². The molecule has 2 heterocycles. The average molecular weight is 456 g/mol. The van der Waals surface area contributed by atoms with Gasteiger partial charge in [-0.2, -0.15) is 5.10 Å². The van der Waals surface area contributed by atoms with E-state index in [0.29, 0.717) is 39.2 Å². The van der Waals surface area contributed by atoms with Gasteiger partial charge in [0.1, 0.15) is 5.75 Å². The molecular formula is C22H19Cl2N5O2. The van der Waals surface area contributed by atoms with E-state index in [2.05, 4.69) is 20.6 Å². The summed E-state index contributed by atoms with van der Waals surface area (Å²) in [4.78, 5) is 13.0. The van der Waals surface area contributed by atoms with Crippen molar-refractivity contribution >= 4 is 40.4 Å². The molecule has 31 heavy (non-hydrogen) atoms. The van der Waals surface area contributed by atoms with Gasteiger partial charge in [0.15, 0.2) is 11.3 Å². The number of hydrogen-bond donors (Lipinski definition) is 1. The van der Waals surface area contributed by atoms with Crippen LogP contribution in [0, 0.1) is 6.92 Å². The van der Waals surface area contributed by atoms with Gasteiger partial charge < -0.3 is 10.1 Å². The third-order valence-electron chi connectivity index (χ3n) is 4.91. The highest BCUT2D eigenvalue weighted by Crippen LogP contribution is 2.31. The van der Waals surface area contributed by atoms with Gasteiger partial charge in [-0.1, -0.05) is 42.3 Å². The molecule has 0 spiro atoms. The van der Waals surface area contributed by atoms with Crippen LogP contribution in [0.3, 0.4) is 0 Å². The topological polar surface area (TPSA) is 81.4 Å². The summed E-state index contributed by atoms with van der Waals surface area (Å²) in [6, 6.07) is 12.5. The third kappa shape index (κ3) is 3.94. The number of carbonyl (C=O) groups is 1. The summed E-state index contributed by atoms with van der Waals surface area (Å²) in [5, 5.41) is 17.1. The molecule has 0 saturated carbocycles. The standard InChI is InChI=1S/C22H19Cl2N5O2/c1-4-16-19(13-6-5-7-14(23)10-13)21-27-26-20(12(2)29(21)28-16)22(30)25-17-11-15(24)8-9-18(17)31-3/h5-11H,4H2,1-3H3,(H,25,30). The average Bonchev–Trinajstić information content (AvgIpc) is 3.14. The molecule has 0 radical (unpaired) electrons. The number of halogens is 2. The second kappa shape index (κ2) is 8.53. The zero-order valence-corrected chi connectivity index (χ0v) is 18.6. The SMILES string of the molecule is CCc1nn2c(C)c(C(=O)Nc3cc(Cl)ccc3OC)nnc2c1-c1cccc(Cl)c1. The molecule has 0 atom stereocenters. The van der Waals surface area contributed by atoms with Crippen LogP contribution >= 0.6 is 23.2 Å². The first-order valence-electron chi connectivity index (χ1n) is 9.58. The Bertz CT molecular complexity index is 1300. The molecule has 4 aromatic rings. The first-order valence-corrected chi connectivity index (χ1v) is 10.3. The molecule has 0 aliphatic carbocycles. The van der Waals surface area contributed by atoms with E-state index in [-0.39, 0.29) is 5.69 Å². The highest BCUT2D eigenvalue weighted by molar-refractivity contribution is 6.31. The van der Waals surface area contributed by atoms with Crippen molar-refractivity contribution in [3.05, 3.63) is 69.6 Å². The summed E-state index contributed by atoms with van der Waals surface area (Å²) >= 11 is 12.2. The number of anilines is 1. The molecule has 2 aromatic heterocycles. The van der Waals surface area contributed by atoms with Crippen molar-refractivity contribution in [2.24, 2.45) is 0 Å². The fraction of sp³-hybridized carbons (Fsp3) is 0.182. The van der Waals surface area contributed by atoms with Gasteiger partial charge in [0.05, 0.1) is 29.7 Å². The molecule has 0 aliphatic heterocycles. The van der Waals surface area contributed by atoms with E-state index in [1.165, 1.54) is 7.11 Å². The van der Waals surface area contributed by atoms with Crippen LogP contribution in [-0.2, 0) is 6.42 Å². The molecule has 0 fully saturated rings. The number of hydrogen-bond acceptors (Lipinski definition) is 5. The lowest BCUT2D eigenvalue weighted by Crippen LogP contribution is -2.19. The summed E-state index contributed by atoms with van der Waals surface area (Å²) in [6.45, 7) is 3.79. The number of ether oxygens (including phenoxy) is 1. The smallest absolute Gasteiger partial charge is 0.278 e. The maximum absolute atomic E-state index is 13.0. The lowest BCUT2D eigenvalue weighted by molar-refractivity contribution is 0.101. The van der Waals surface area contributed by atoms with Crippen molar-refractivity contribution in [2.45, 2.75) is 20.3 Å². The van der Waals surface area contributed by atoms with Gasteiger partial charge in [0.2, 0.25) is 0 Å². The van der Waals surface area contributed by atoms with E-state index in [0.717, 1.165) is 16.8 Å². The van der Waals surface area contributed by atoms with Gasteiger partial charge in [-0.25, -0.2) is 4.52 Å². The molecule has 7 nitrogen and oxygen atoms in total. The number of nitrogens with one attached hydrogen (secondary N) is 1. The van der Waals surface area contributed by atoms with Crippen LogP contribution in [0.4, 0.5) is 5.69 Å². The monoisotopic (exact) mass is 455 g/mol. The van der Waals surface area contributed by atoms with E-state index in [1.807, 2.05) is 31.2 Å². The summed E-state index contributed by atoms with van der Waals surface area (Å²) in [5.74, 6) is 0.0466. The molecule has 158 valence electrons. The number of carbonyl (C=O) groups excluding carboxylic acids is 1. The zero-order chi connectivity index (χ0) is 22.1. The predicted molar refractivity (Wildman–Crippen MR) is 121 cm³/mol. The van der Waals surface area contributed by atoms with Crippen LogP contribution in [0.15, 0.2) is 42.5 Å². The molecule has 9 heteroatoms. The second-order valence-electron chi connectivity index (χ2n) is 6.85. The van der Waals surface area contributed by atoms with Crippen LogP contribution in [0.2, 0.25) is 10.0 Å². The Hall–Kier alpha value is -3.16. The van der Waals surface area contributed by atoms with Crippen LogP contribution in [0.25, 0.3) is 16.8 Å². The van der Waals surface area contributed by atoms with Crippen molar-refractivity contribution in [1.29, 1.82) is 0 Å². The van der Waals surface area contributed by atoms with Gasteiger partial charge in [-0.05, 0) is 49.2 Å². The molecule has 0 saturated heterocycles. The van der Waals surface area contributed by atoms with Gasteiger partial charge in [0, 0.05) is 10.0 Å². The van der Waals surface area contributed by atoms with Gasteiger partial charge in [-0.3, -0.25) is 4.79 Å². The van der Waals surface area contributed by atoms with Gasteiger partial charge in [-0.15, -0.1) is 10.2 Å². The molecule has 0 aliphatic rings. The lowest BCUT2D eigenvalue weighted by Gasteiger charge is -2.11. The second-order valence-corrected chi connectivity index (χ2v) is 7.73. The van der Waals surface area contributed by atoms with Crippen molar-refractivity contribution in [3.8, 4) is 16.9 Å². The maximum Gasteiger partial charge on any atom is 0.278 e. The molecule has 1 amide bonds. The number of aryl methyl sites for hydroxylation is 2. The third-order valence-corrected chi connectivity index (χ3v) is 5.38. The minimum absolute atomic E-state index is 0.150. The van der Waals surface area contributed by atoms with Gasteiger partial charge in [0.25, 0.3) is 5.91 Å². The molecule has 1 N–H and O–H groups in total. The Morgan fingerprint density at radius 1 is 1.13 bits per heavy atom. The summed E-state index contributed by atoms with van der Waals surface area (Å²) in [7, 11) is 1.52. The van der Waals surface area contributed by atoms with Crippen LogP contribution in [0.1, 0.15) is 28.8 Å². The molecule has 2 aromatic carbocycles. The number of amides is 1. The number of aromatic nitrogens is 4. The van der Waals surface area contributed by atoms with Crippen LogP contribution in [-0.4, -0.2) is 32.8 Å². The highest BCUT2D eigenvalue weighted by atomic mass is 35.5. The Labute approximate surface area is 189 Å². The minimum atomic E-state index is -0.440. The van der Waals surface area contributed by atoms with Crippen LogP contribution < -0.4 is 10.1 Å². The minimum Gasteiger partial charge on any atom is -0.495 e. The first kappa shape index (κ1) is 21.1. The Morgan fingerprint density at radius 2 is 1.90 bits per heavy atom. The number of nitrogens with zero attached hydrogens (tertiary/aromatic N) is 4. The van der Waals surface area contributed by atoms with Crippen molar-refractivity contribution < 1.29 is 9.53 Å².